The SMILES string of the molecule is CC[C@@H](C)N(C(=O)Cn1nc(C)c(C)c(C#N)c1=O)[C@@H](C)CC. The number of aryl methyl sites for hydroxylation is 1. The minimum absolute atomic E-state index is 0.0592. The summed E-state index contributed by atoms with van der Waals surface area (Å²) in [6.45, 7) is 11.4. The van der Waals surface area contributed by atoms with E-state index in [9.17, 15) is 9.59 Å². The number of carbonyl (C=O) groups excluding carboxylic acids is 1. The average molecular weight is 318 g/mol. The summed E-state index contributed by atoms with van der Waals surface area (Å²) in [6, 6.07) is 2.10. The number of nitriles is 1. The van der Waals surface area contributed by atoms with Gasteiger partial charge in [-0.1, -0.05) is 13.8 Å². The van der Waals surface area contributed by atoms with Gasteiger partial charge in [0.05, 0.1) is 5.69 Å². The number of rotatable bonds is 6. The first kappa shape index (κ1) is 18.9. The smallest absolute Gasteiger partial charge is 0.285 e. The summed E-state index contributed by atoms with van der Waals surface area (Å²) in [4.78, 5) is 26.8. The van der Waals surface area contributed by atoms with Gasteiger partial charge in [0.15, 0.2) is 0 Å². The van der Waals surface area contributed by atoms with E-state index in [-0.39, 0.29) is 30.1 Å². The van der Waals surface area contributed by atoms with Gasteiger partial charge in [0.25, 0.3) is 5.56 Å². The maximum Gasteiger partial charge on any atom is 0.285 e. The Kier molecular flexibility index (Phi) is 6.49. The highest BCUT2D eigenvalue weighted by atomic mass is 16.2. The zero-order valence-corrected chi connectivity index (χ0v) is 14.9. The Labute approximate surface area is 137 Å². The molecule has 0 aromatic carbocycles. The summed E-state index contributed by atoms with van der Waals surface area (Å²) in [5, 5.41) is 13.3. The maximum atomic E-state index is 12.7. The molecule has 1 amide bonds. The van der Waals surface area contributed by atoms with Crippen LogP contribution in [0.25, 0.3) is 0 Å². The van der Waals surface area contributed by atoms with Crippen LogP contribution in [0.5, 0.6) is 0 Å². The molecule has 0 radical (unpaired) electrons. The molecule has 0 bridgehead atoms. The molecular formula is C17H26N4O2. The molecule has 0 aliphatic rings. The molecule has 0 aliphatic heterocycles. The molecule has 6 heteroatoms. The molecule has 0 fully saturated rings. The summed E-state index contributed by atoms with van der Waals surface area (Å²) in [7, 11) is 0. The molecule has 0 aliphatic carbocycles. The van der Waals surface area contributed by atoms with E-state index in [1.165, 1.54) is 0 Å². The minimum Gasteiger partial charge on any atom is -0.336 e. The van der Waals surface area contributed by atoms with Crippen molar-refractivity contribution in [2.24, 2.45) is 0 Å². The van der Waals surface area contributed by atoms with Gasteiger partial charge in [-0.3, -0.25) is 9.59 Å². The molecule has 126 valence electrons. The van der Waals surface area contributed by atoms with Gasteiger partial charge in [0, 0.05) is 12.1 Å². The van der Waals surface area contributed by atoms with Crippen LogP contribution in [0.15, 0.2) is 4.79 Å². The van der Waals surface area contributed by atoms with E-state index in [1.807, 2.05) is 38.7 Å². The number of nitrogens with zero attached hydrogens (tertiary/aromatic N) is 4. The van der Waals surface area contributed by atoms with E-state index in [1.54, 1.807) is 13.8 Å². The van der Waals surface area contributed by atoms with Gasteiger partial charge >= 0.3 is 0 Å². The normalized spacial score (nSPS) is 13.3. The zero-order valence-electron chi connectivity index (χ0n) is 14.9. The molecule has 0 saturated heterocycles. The largest absolute Gasteiger partial charge is 0.336 e. The quantitative estimate of drug-likeness (QED) is 0.805. The van der Waals surface area contributed by atoms with Gasteiger partial charge in [-0.2, -0.15) is 10.4 Å². The van der Waals surface area contributed by atoms with Crippen LogP contribution in [0, 0.1) is 25.2 Å². The number of aromatic nitrogens is 2. The molecule has 1 aromatic heterocycles. The molecule has 0 N–H and O–H groups in total. The highest BCUT2D eigenvalue weighted by Crippen LogP contribution is 2.13. The Morgan fingerprint density at radius 3 is 2.22 bits per heavy atom. The van der Waals surface area contributed by atoms with Crippen molar-refractivity contribution in [2.45, 2.75) is 73.0 Å². The van der Waals surface area contributed by atoms with Gasteiger partial charge < -0.3 is 4.90 Å². The van der Waals surface area contributed by atoms with Crippen LogP contribution in [0.2, 0.25) is 0 Å². The number of carbonyl (C=O) groups is 1. The van der Waals surface area contributed by atoms with Crippen LogP contribution in [0.4, 0.5) is 0 Å². The van der Waals surface area contributed by atoms with Crippen molar-refractivity contribution in [3.05, 3.63) is 27.2 Å². The Hall–Kier alpha value is -2.16. The first-order valence-electron chi connectivity index (χ1n) is 8.07. The second-order valence-electron chi connectivity index (χ2n) is 5.98. The van der Waals surface area contributed by atoms with Gasteiger partial charge in [0.1, 0.15) is 18.2 Å². The van der Waals surface area contributed by atoms with Crippen molar-refractivity contribution in [2.75, 3.05) is 0 Å². The molecular weight excluding hydrogens is 292 g/mol. The first-order chi connectivity index (χ1) is 10.8. The first-order valence-corrected chi connectivity index (χ1v) is 8.07. The fourth-order valence-electron chi connectivity index (χ4n) is 2.54. The lowest BCUT2D eigenvalue weighted by Gasteiger charge is -2.34. The molecule has 1 rings (SSSR count). The van der Waals surface area contributed by atoms with Gasteiger partial charge in [-0.25, -0.2) is 4.68 Å². The lowest BCUT2D eigenvalue weighted by Crippen LogP contribution is -2.47. The van der Waals surface area contributed by atoms with Crippen molar-refractivity contribution in [1.82, 2.24) is 14.7 Å². The van der Waals surface area contributed by atoms with Gasteiger partial charge in [-0.15, -0.1) is 0 Å². The molecule has 23 heavy (non-hydrogen) atoms. The van der Waals surface area contributed by atoms with Crippen LogP contribution in [-0.4, -0.2) is 32.7 Å². The monoisotopic (exact) mass is 318 g/mol. The van der Waals surface area contributed by atoms with Crippen LogP contribution < -0.4 is 5.56 Å². The van der Waals surface area contributed by atoms with Crippen LogP contribution >= 0.6 is 0 Å². The summed E-state index contributed by atoms with van der Waals surface area (Å²) in [5.74, 6) is -0.143. The van der Waals surface area contributed by atoms with Crippen molar-refractivity contribution in [3.63, 3.8) is 0 Å². The molecule has 0 saturated carbocycles. The Morgan fingerprint density at radius 1 is 1.26 bits per heavy atom. The van der Waals surface area contributed by atoms with E-state index in [2.05, 4.69) is 5.10 Å². The summed E-state index contributed by atoms with van der Waals surface area (Å²) in [6.07, 6.45) is 1.68. The average Bonchev–Trinajstić information content (AvgIpc) is 2.52. The third-order valence-corrected chi connectivity index (χ3v) is 4.45. The second-order valence-corrected chi connectivity index (χ2v) is 5.98. The van der Waals surface area contributed by atoms with Crippen LogP contribution in [0.3, 0.4) is 0 Å². The van der Waals surface area contributed by atoms with Crippen LogP contribution in [0.1, 0.15) is 57.4 Å². The van der Waals surface area contributed by atoms with Crippen molar-refractivity contribution in [1.29, 1.82) is 5.26 Å². The predicted molar refractivity (Wildman–Crippen MR) is 89.0 cm³/mol. The van der Waals surface area contributed by atoms with Crippen LogP contribution in [-0.2, 0) is 11.3 Å². The van der Waals surface area contributed by atoms with Gasteiger partial charge in [-0.05, 0) is 46.1 Å². The topological polar surface area (TPSA) is 79.0 Å². The van der Waals surface area contributed by atoms with Crippen molar-refractivity contribution < 1.29 is 4.79 Å². The van der Waals surface area contributed by atoms with E-state index in [0.717, 1.165) is 17.5 Å². The second kappa shape index (κ2) is 7.91. The van der Waals surface area contributed by atoms with E-state index in [0.29, 0.717) is 11.3 Å². The number of amides is 1. The molecule has 6 nitrogen and oxygen atoms in total. The van der Waals surface area contributed by atoms with E-state index < -0.39 is 5.56 Å². The van der Waals surface area contributed by atoms with Crippen molar-refractivity contribution in [3.8, 4) is 6.07 Å². The summed E-state index contributed by atoms with van der Waals surface area (Å²) in [5.41, 5.74) is 0.718. The maximum absolute atomic E-state index is 12.7. The lowest BCUT2D eigenvalue weighted by molar-refractivity contribution is -0.136. The Morgan fingerprint density at radius 2 is 1.78 bits per heavy atom. The molecule has 0 spiro atoms. The van der Waals surface area contributed by atoms with Crippen molar-refractivity contribution >= 4 is 5.91 Å². The number of hydrogen-bond donors (Lipinski definition) is 0. The fraction of sp³-hybridized carbons (Fsp3) is 0.647. The zero-order chi connectivity index (χ0) is 17.7. The predicted octanol–water partition coefficient (Wildman–Crippen LogP) is 2.16. The minimum atomic E-state index is -0.503. The van der Waals surface area contributed by atoms with Gasteiger partial charge in [0.2, 0.25) is 5.91 Å². The Balaban J connectivity index is 3.21. The third kappa shape index (κ3) is 3.98. The summed E-state index contributed by atoms with van der Waals surface area (Å²) >= 11 is 0. The summed E-state index contributed by atoms with van der Waals surface area (Å²) < 4.78 is 1.11. The lowest BCUT2D eigenvalue weighted by atomic mass is 10.1. The third-order valence-electron chi connectivity index (χ3n) is 4.45. The Bertz CT molecular complexity index is 662. The van der Waals surface area contributed by atoms with E-state index >= 15 is 0 Å². The molecule has 1 aromatic rings. The number of hydrogen-bond acceptors (Lipinski definition) is 4. The highest BCUT2D eigenvalue weighted by molar-refractivity contribution is 5.76. The van der Waals surface area contributed by atoms with E-state index in [4.69, 9.17) is 5.26 Å². The molecule has 0 unspecified atom stereocenters. The molecule has 1 heterocycles. The molecule has 2 atom stereocenters. The standard InChI is InChI=1S/C17H26N4O2/c1-7-11(3)21(12(4)8-2)16(22)10-20-17(23)15(9-18)13(5)14(6)19-20/h11-12H,7-8,10H2,1-6H3/t11-,12+. The fourth-order valence-corrected chi connectivity index (χ4v) is 2.54. The highest BCUT2D eigenvalue weighted by Gasteiger charge is 2.25.